The summed E-state index contributed by atoms with van der Waals surface area (Å²) in [4.78, 5) is 28.4. The molecule has 2 aromatic heterocycles. The average Bonchev–Trinajstić information content (AvgIpc) is 3.71. The number of hydrogen-bond donors (Lipinski definition) is 2. The van der Waals surface area contributed by atoms with Crippen LogP contribution in [0.4, 0.5) is 5.95 Å². The molecular weight excluding hydrogens is 452 g/mol. The van der Waals surface area contributed by atoms with Gasteiger partial charge in [0.1, 0.15) is 5.65 Å². The molecule has 2 aliphatic carbocycles. The largest absolute Gasteiger partial charge is 0.393 e. The topological polar surface area (TPSA) is 86.5 Å². The maximum absolute atomic E-state index is 14.0. The Bertz CT molecular complexity index is 1290. The van der Waals surface area contributed by atoms with E-state index in [1.54, 1.807) is 0 Å². The van der Waals surface area contributed by atoms with Gasteiger partial charge in [0.25, 0.3) is 5.56 Å². The number of aliphatic hydroxyl groups is 1. The average molecular weight is 491 g/mol. The summed E-state index contributed by atoms with van der Waals surface area (Å²) in [6.45, 7) is 5.97. The highest BCUT2D eigenvalue weighted by Gasteiger charge is 2.26. The fourth-order valence-electron chi connectivity index (χ4n) is 5.87. The summed E-state index contributed by atoms with van der Waals surface area (Å²) in [5.41, 5.74) is 1.92. The number of nitrogens with zero attached hydrogens (tertiary/aromatic N) is 5. The van der Waals surface area contributed by atoms with Crippen molar-refractivity contribution >= 4 is 27.8 Å². The van der Waals surface area contributed by atoms with E-state index in [1.807, 2.05) is 10.8 Å². The number of aromatic nitrogens is 3. The van der Waals surface area contributed by atoms with Crippen LogP contribution in [-0.4, -0.2) is 75.3 Å². The van der Waals surface area contributed by atoms with Crippen molar-refractivity contribution in [3.8, 4) is 0 Å². The molecule has 192 valence electrons. The Hall–Kier alpha value is -2.55. The van der Waals surface area contributed by atoms with Gasteiger partial charge in [-0.1, -0.05) is 25.0 Å². The van der Waals surface area contributed by atoms with E-state index in [9.17, 15) is 9.90 Å². The Kier molecular flexibility index (Phi) is 6.67. The highest BCUT2D eigenvalue weighted by atomic mass is 16.3. The second kappa shape index (κ2) is 10.1. The first-order chi connectivity index (χ1) is 17.5. The Morgan fingerprint density at radius 2 is 1.78 bits per heavy atom. The lowest BCUT2D eigenvalue weighted by molar-refractivity contribution is 0.111. The van der Waals surface area contributed by atoms with Crippen molar-refractivity contribution in [2.45, 2.75) is 63.6 Å². The van der Waals surface area contributed by atoms with Crippen LogP contribution in [-0.2, 0) is 6.54 Å². The van der Waals surface area contributed by atoms with Gasteiger partial charge in [-0.25, -0.2) is 4.98 Å². The molecule has 2 saturated carbocycles. The van der Waals surface area contributed by atoms with Crippen LogP contribution in [0.3, 0.4) is 0 Å². The molecule has 0 atom stereocenters. The molecule has 2 N–H and O–H groups in total. The molecule has 8 heteroatoms. The molecule has 0 bridgehead atoms. The Labute approximate surface area is 212 Å². The minimum Gasteiger partial charge on any atom is -0.393 e. The Morgan fingerprint density at radius 1 is 1.00 bits per heavy atom. The molecule has 1 aromatic carbocycles. The highest BCUT2D eigenvalue weighted by Crippen LogP contribution is 2.33. The monoisotopic (exact) mass is 490 g/mol. The Balaban J connectivity index is 1.39. The minimum absolute atomic E-state index is 0.0294. The van der Waals surface area contributed by atoms with Crippen molar-refractivity contribution in [3.05, 3.63) is 40.3 Å². The number of benzene rings is 1. The predicted molar refractivity (Wildman–Crippen MR) is 143 cm³/mol. The molecule has 3 fully saturated rings. The summed E-state index contributed by atoms with van der Waals surface area (Å²) in [5, 5.41) is 16.1. The van der Waals surface area contributed by atoms with Gasteiger partial charge in [0.15, 0.2) is 0 Å². The van der Waals surface area contributed by atoms with E-state index in [2.05, 4.69) is 45.3 Å². The van der Waals surface area contributed by atoms with E-state index >= 15 is 0 Å². The molecule has 6 rings (SSSR count). The van der Waals surface area contributed by atoms with Gasteiger partial charge in [-0.05, 0) is 62.1 Å². The van der Waals surface area contributed by atoms with Crippen LogP contribution < -0.4 is 10.9 Å². The first kappa shape index (κ1) is 23.8. The molecular formula is C28H38N6O2. The second-order valence-corrected chi connectivity index (χ2v) is 11.2. The maximum atomic E-state index is 14.0. The van der Waals surface area contributed by atoms with Crippen molar-refractivity contribution in [3.63, 3.8) is 0 Å². The van der Waals surface area contributed by atoms with Gasteiger partial charge in [-0.2, -0.15) is 4.98 Å². The molecule has 0 unspecified atom stereocenters. The quantitative estimate of drug-likeness (QED) is 0.491. The van der Waals surface area contributed by atoms with E-state index in [1.165, 1.54) is 18.4 Å². The van der Waals surface area contributed by atoms with Crippen LogP contribution >= 0.6 is 0 Å². The van der Waals surface area contributed by atoms with Gasteiger partial charge in [0.2, 0.25) is 5.95 Å². The Morgan fingerprint density at radius 3 is 2.53 bits per heavy atom. The number of nitrogens with one attached hydrogen (secondary N) is 1. The van der Waals surface area contributed by atoms with E-state index in [4.69, 9.17) is 4.98 Å². The molecule has 1 aliphatic heterocycles. The molecule has 0 spiro atoms. The van der Waals surface area contributed by atoms with Gasteiger partial charge in [-0.3, -0.25) is 14.3 Å². The summed E-state index contributed by atoms with van der Waals surface area (Å²) in [6.07, 6.45) is 8.43. The van der Waals surface area contributed by atoms with Gasteiger partial charge >= 0.3 is 0 Å². The molecule has 36 heavy (non-hydrogen) atoms. The first-order valence-electron chi connectivity index (χ1n) is 13.7. The van der Waals surface area contributed by atoms with Crippen molar-refractivity contribution in [2.75, 3.05) is 45.1 Å². The lowest BCUT2D eigenvalue weighted by Crippen LogP contribution is -2.43. The number of aliphatic hydroxyl groups excluding tert-OH is 1. The number of piperazine rings is 1. The first-order valence-corrected chi connectivity index (χ1v) is 13.7. The fourth-order valence-corrected chi connectivity index (χ4v) is 5.87. The van der Waals surface area contributed by atoms with Crippen LogP contribution in [0.5, 0.6) is 0 Å². The third-order valence-corrected chi connectivity index (χ3v) is 8.39. The van der Waals surface area contributed by atoms with E-state index in [-0.39, 0.29) is 17.7 Å². The number of anilines is 1. The zero-order valence-electron chi connectivity index (χ0n) is 21.3. The summed E-state index contributed by atoms with van der Waals surface area (Å²) in [6, 6.07) is 6.38. The van der Waals surface area contributed by atoms with Gasteiger partial charge in [-0.15, -0.1) is 0 Å². The van der Waals surface area contributed by atoms with Crippen molar-refractivity contribution in [1.82, 2.24) is 24.3 Å². The zero-order valence-corrected chi connectivity index (χ0v) is 21.3. The van der Waals surface area contributed by atoms with Gasteiger partial charge in [0, 0.05) is 62.3 Å². The molecule has 3 heterocycles. The van der Waals surface area contributed by atoms with E-state index in [0.29, 0.717) is 11.6 Å². The van der Waals surface area contributed by atoms with Gasteiger partial charge in [0.05, 0.1) is 6.10 Å². The lowest BCUT2D eigenvalue weighted by Gasteiger charge is -2.32. The standard InChI is InChI=1S/C28H38N6O2/c1-32-12-14-33(15-13-32)18-20-4-9-23-24(16-20)27(36)34(21-5-7-22(35)8-6-21)26-25(23)17-30-28(31-26)29-11-10-19-2-3-19/h4,9,16-17,19,21-22,35H,2-3,5-8,10-15,18H2,1H3,(H,29,30,31). The molecule has 8 nitrogen and oxygen atoms in total. The summed E-state index contributed by atoms with van der Waals surface area (Å²) in [5.74, 6) is 1.44. The molecule has 1 saturated heterocycles. The molecule has 3 aromatic rings. The SMILES string of the molecule is CN1CCN(Cc2ccc3c(c2)c(=O)n(C2CCC(O)CC2)c2nc(NCCC4CC4)ncc32)CC1. The summed E-state index contributed by atoms with van der Waals surface area (Å²) >= 11 is 0. The number of fused-ring (bicyclic) bond motifs is 3. The summed E-state index contributed by atoms with van der Waals surface area (Å²) in [7, 11) is 2.17. The van der Waals surface area contributed by atoms with Crippen molar-refractivity contribution < 1.29 is 5.11 Å². The number of pyridine rings is 1. The van der Waals surface area contributed by atoms with Crippen molar-refractivity contribution in [2.24, 2.45) is 5.92 Å². The fraction of sp³-hybridized carbons (Fsp3) is 0.607. The lowest BCUT2D eigenvalue weighted by atomic mass is 9.92. The number of rotatable bonds is 7. The van der Waals surface area contributed by atoms with Crippen LogP contribution in [0.15, 0.2) is 29.2 Å². The van der Waals surface area contributed by atoms with Crippen molar-refractivity contribution in [1.29, 1.82) is 0 Å². The normalized spacial score (nSPS) is 23.9. The third-order valence-electron chi connectivity index (χ3n) is 8.39. The predicted octanol–water partition coefficient (Wildman–Crippen LogP) is 3.38. The zero-order chi connectivity index (χ0) is 24.6. The number of hydrogen-bond acceptors (Lipinski definition) is 7. The minimum atomic E-state index is -0.270. The molecule has 0 amide bonds. The summed E-state index contributed by atoms with van der Waals surface area (Å²) < 4.78 is 1.91. The maximum Gasteiger partial charge on any atom is 0.260 e. The number of likely N-dealkylation sites (N-methyl/N-ethyl adjacent to an activating group) is 1. The van der Waals surface area contributed by atoms with Crippen LogP contribution in [0.25, 0.3) is 21.8 Å². The molecule has 3 aliphatic rings. The van der Waals surface area contributed by atoms with Crippen LogP contribution in [0, 0.1) is 5.92 Å². The third kappa shape index (κ3) is 4.99. The highest BCUT2D eigenvalue weighted by molar-refractivity contribution is 6.04. The van der Waals surface area contributed by atoms with E-state index < -0.39 is 0 Å². The second-order valence-electron chi connectivity index (χ2n) is 11.2. The van der Waals surface area contributed by atoms with Crippen LogP contribution in [0.1, 0.15) is 56.6 Å². The smallest absolute Gasteiger partial charge is 0.260 e. The van der Waals surface area contributed by atoms with E-state index in [0.717, 1.165) is 93.4 Å². The van der Waals surface area contributed by atoms with Gasteiger partial charge < -0.3 is 15.3 Å². The van der Waals surface area contributed by atoms with Crippen LogP contribution in [0.2, 0.25) is 0 Å². The molecule has 0 radical (unpaired) electrons.